The molecule has 0 saturated carbocycles. The van der Waals surface area contributed by atoms with E-state index in [9.17, 15) is 0 Å². The van der Waals surface area contributed by atoms with Gasteiger partial charge in [0, 0.05) is 26.8 Å². The Balaban J connectivity index is 3.33. The third-order valence-electron chi connectivity index (χ3n) is 2.68. The molecule has 0 radical (unpaired) electrons. The molecule has 0 fully saturated rings. The molecule has 0 aliphatic rings. The largest absolute Gasteiger partial charge is 0.384 e. The molecule has 0 amide bonds. The fourth-order valence-electron chi connectivity index (χ4n) is 1.58. The Morgan fingerprint density at radius 3 is 2.44 bits per heavy atom. The molecule has 0 aliphatic carbocycles. The van der Waals surface area contributed by atoms with Crippen molar-refractivity contribution in [2.24, 2.45) is 11.8 Å². The zero-order valence-corrected chi connectivity index (χ0v) is 11.8. The second-order valence-corrected chi connectivity index (χ2v) is 5.25. The number of hydrogen-bond acceptors (Lipinski definition) is 3. The van der Waals surface area contributed by atoms with Crippen molar-refractivity contribution >= 4 is 0 Å². The van der Waals surface area contributed by atoms with Gasteiger partial charge in [-0.25, -0.2) is 0 Å². The molecular formula is C13H30N2O. The Morgan fingerprint density at radius 1 is 1.19 bits per heavy atom. The Hall–Kier alpha value is -0.120. The molecule has 0 bridgehead atoms. The summed E-state index contributed by atoms with van der Waals surface area (Å²) >= 11 is 0. The van der Waals surface area contributed by atoms with E-state index in [-0.39, 0.29) is 0 Å². The first-order valence-corrected chi connectivity index (χ1v) is 6.44. The van der Waals surface area contributed by atoms with Gasteiger partial charge in [0.15, 0.2) is 0 Å². The number of ether oxygens (including phenoxy) is 1. The first-order valence-electron chi connectivity index (χ1n) is 6.44. The summed E-state index contributed by atoms with van der Waals surface area (Å²) in [5.74, 6) is 1.41. The van der Waals surface area contributed by atoms with E-state index in [1.807, 2.05) is 0 Å². The molecule has 16 heavy (non-hydrogen) atoms. The highest BCUT2D eigenvalue weighted by Crippen LogP contribution is 2.02. The van der Waals surface area contributed by atoms with E-state index in [1.54, 1.807) is 7.11 Å². The van der Waals surface area contributed by atoms with Crippen LogP contribution in [0, 0.1) is 11.8 Å². The van der Waals surface area contributed by atoms with Gasteiger partial charge in [0.1, 0.15) is 0 Å². The van der Waals surface area contributed by atoms with Crippen LogP contribution in [0.15, 0.2) is 0 Å². The van der Waals surface area contributed by atoms with Crippen LogP contribution in [0.25, 0.3) is 0 Å². The average Bonchev–Trinajstić information content (AvgIpc) is 2.22. The SMILES string of the molecule is COCC(C)CCN(C)CCNCC(C)C. The lowest BCUT2D eigenvalue weighted by Crippen LogP contribution is -2.32. The molecule has 0 heterocycles. The van der Waals surface area contributed by atoms with Crippen molar-refractivity contribution in [3.05, 3.63) is 0 Å². The van der Waals surface area contributed by atoms with Gasteiger partial charge in [-0.15, -0.1) is 0 Å². The van der Waals surface area contributed by atoms with Gasteiger partial charge in [0.2, 0.25) is 0 Å². The van der Waals surface area contributed by atoms with Gasteiger partial charge in [-0.05, 0) is 38.4 Å². The zero-order chi connectivity index (χ0) is 12.4. The zero-order valence-electron chi connectivity index (χ0n) is 11.8. The minimum atomic E-state index is 0.663. The molecule has 0 aliphatic heterocycles. The standard InChI is InChI=1S/C13H30N2O/c1-12(2)10-14-7-9-15(4)8-6-13(3)11-16-5/h12-14H,6-11H2,1-5H3. The van der Waals surface area contributed by atoms with Crippen molar-refractivity contribution in [3.63, 3.8) is 0 Å². The van der Waals surface area contributed by atoms with Crippen LogP contribution in [-0.2, 0) is 4.74 Å². The van der Waals surface area contributed by atoms with E-state index in [0.29, 0.717) is 5.92 Å². The summed E-state index contributed by atoms with van der Waals surface area (Å²) in [6.45, 7) is 12.1. The van der Waals surface area contributed by atoms with Gasteiger partial charge < -0.3 is 15.0 Å². The molecule has 3 heteroatoms. The van der Waals surface area contributed by atoms with E-state index in [1.165, 1.54) is 6.42 Å². The lowest BCUT2D eigenvalue weighted by Gasteiger charge is -2.19. The summed E-state index contributed by atoms with van der Waals surface area (Å²) in [5.41, 5.74) is 0. The summed E-state index contributed by atoms with van der Waals surface area (Å²) < 4.78 is 5.13. The molecule has 0 aromatic heterocycles. The first kappa shape index (κ1) is 15.9. The normalized spacial score (nSPS) is 13.7. The predicted molar refractivity (Wildman–Crippen MR) is 70.9 cm³/mol. The molecule has 0 spiro atoms. The Morgan fingerprint density at radius 2 is 1.88 bits per heavy atom. The topological polar surface area (TPSA) is 24.5 Å². The van der Waals surface area contributed by atoms with E-state index in [2.05, 4.69) is 38.0 Å². The fraction of sp³-hybridized carbons (Fsp3) is 1.00. The highest BCUT2D eigenvalue weighted by molar-refractivity contribution is 4.59. The second-order valence-electron chi connectivity index (χ2n) is 5.25. The number of nitrogens with zero attached hydrogens (tertiary/aromatic N) is 1. The highest BCUT2D eigenvalue weighted by atomic mass is 16.5. The number of methoxy groups -OCH3 is 1. The van der Waals surface area contributed by atoms with E-state index >= 15 is 0 Å². The number of hydrogen-bond donors (Lipinski definition) is 1. The average molecular weight is 230 g/mol. The lowest BCUT2D eigenvalue weighted by molar-refractivity contribution is 0.148. The van der Waals surface area contributed by atoms with E-state index in [0.717, 1.165) is 38.7 Å². The highest BCUT2D eigenvalue weighted by Gasteiger charge is 2.04. The lowest BCUT2D eigenvalue weighted by atomic mass is 10.1. The molecule has 0 aromatic carbocycles. The summed E-state index contributed by atoms with van der Waals surface area (Å²) in [4.78, 5) is 2.39. The first-order chi connectivity index (χ1) is 7.56. The molecule has 98 valence electrons. The maximum Gasteiger partial charge on any atom is 0.0488 e. The van der Waals surface area contributed by atoms with Gasteiger partial charge in [0.25, 0.3) is 0 Å². The minimum Gasteiger partial charge on any atom is -0.384 e. The van der Waals surface area contributed by atoms with Crippen molar-refractivity contribution < 1.29 is 4.74 Å². The number of nitrogens with one attached hydrogen (secondary N) is 1. The van der Waals surface area contributed by atoms with Crippen molar-refractivity contribution in [2.75, 3.05) is 46.9 Å². The van der Waals surface area contributed by atoms with E-state index < -0.39 is 0 Å². The summed E-state index contributed by atoms with van der Waals surface area (Å²) in [5, 5.41) is 3.46. The fourth-order valence-corrected chi connectivity index (χ4v) is 1.58. The monoisotopic (exact) mass is 230 g/mol. The molecule has 1 N–H and O–H groups in total. The molecular weight excluding hydrogens is 200 g/mol. The van der Waals surface area contributed by atoms with Crippen molar-refractivity contribution in [1.29, 1.82) is 0 Å². The summed E-state index contributed by atoms with van der Waals surface area (Å²) in [6.07, 6.45) is 1.22. The van der Waals surface area contributed by atoms with Crippen LogP contribution in [0.3, 0.4) is 0 Å². The minimum absolute atomic E-state index is 0.663. The predicted octanol–water partition coefficient (Wildman–Crippen LogP) is 1.84. The van der Waals surface area contributed by atoms with Gasteiger partial charge in [-0.1, -0.05) is 20.8 Å². The molecule has 0 saturated heterocycles. The smallest absolute Gasteiger partial charge is 0.0488 e. The molecule has 3 nitrogen and oxygen atoms in total. The quantitative estimate of drug-likeness (QED) is 0.580. The van der Waals surface area contributed by atoms with Crippen molar-refractivity contribution in [3.8, 4) is 0 Å². The van der Waals surface area contributed by atoms with Crippen LogP contribution < -0.4 is 5.32 Å². The Bertz CT molecular complexity index is 151. The Labute approximate surface area is 102 Å². The third kappa shape index (κ3) is 10.4. The van der Waals surface area contributed by atoms with Crippen LogP contribution in [0.2, 0.25) is 0 Å². The summed E-state index contributed by atoms with van der Waals surface area (Å²) in [7, 11) is 3.96. The van der Waals surface area contributed by atoms with Crippen LogP contribution in [0.5, 0.6) is 0 Å². The van der Waals surface area contributed by atoms with Gasteiger partial charge in [0.05, 0.1) is 0 Å². The van der Waals surface area contributed by atoms with Crippen molar-refractivity contribution in [2.45, 2.75) is 27.2 Å². The van der Waals surface area contributed by atoms with Gasteiger partial charge >= 0.3 is 0 Å². The van der Waals surface area contributed by atoms with Crippen LogP contribution in [0.4, 0.5) is 0 Å². The van der Waals surface area contributed by atoms with Crippen LogP contribution in [-0.4, -0.2) is 51.8 Å². The van der Waals surface area contributed by atoms with Crippen molar-refractivity contribution in [1.82, 2.24) is 10.2 Å². The number of rotatable bonds is 10. The second kappa shape index (κ2) is 10.1. The van der Waals surface area contributed by atoms with Crippen LogP contribution in [0.1, 0.15) is 27.2 Å². The molecule has 0 aromatic rings. The third-order valence-corrected chi connectivity index (χ3v) is 2.68. The molecule has 1 atom stereocenters. The maximum absolute atomic E-state index is 5.13. The summed E-state index contributed by atoms with van der Waals surface area (Å²) in [6, 6.07) is 0. The molecule has 1 unspecified atom stereocenters. The van der Waals surface area contributed by atoms with Gasteiger partial charge in [-0.2, -0.15) is 0 Å². The molecule has 0 rings (SSSR count). The number of likely N-dealkylation sites (N-methyl/N-ethyl adjacent to an activating group) is 1. The van der Waals surface area contributed by atoms with E-state index in [4.69, 9.17) is 4.74 Å². The Kier molecular flexibility index (Phi) is 9.99. The van der Waals surface area contributed by atoms with Crippen LogP contribution >= 0.6 is 0 Å². The van der Waals surface area contributed by atoms with Gasteiger partial charge in [-0.3, -0.25) is 0 Å². The maximum atomic E-state index is 5.13.